The second-order valence-corrected chi connectivity index (χ2v) is 3.85. The second-order valence-electron chi connectivity index (χ2n) is 3.85. The van der Waals surface area contributed by atoms with Gasteiger partial charge in [0.2, 0.25) is 0 Å². The minimum atomic E-state index is -0.207. The van der Waals surface area contributed by atoms with Gasteiger partial charge in [-0.2, -0.15) is 4.80 Å². The molecule has 6 nitrogen and oxygen atoms in total. The Hall–Kier alpha value is -1.01. The maximum atomic E-state index is 6.20. The van der Waals surface area contributed by atoms with Crippen LogP contribution in [0.25, 0.3) is 0 Å². The van der Waals surface area contributed by atoms with E-state index in [-0.39, 0.29) is 5.54 Å². The fraction of sp³-hybridized carbons (Fsp3) is 0.875. The first kappa shape index (κ1) is 9.54. The van der Waals surface area contributed by atoms with E-state index in [0.29, 0.717) is 6.42 Å². The minimum Gasteiger partial charge on any atom is -0.381 e. The average molecular weight is 197 g/mol. The number of rotatable bonds is 2. The number of ether oxygens (including phenoxy) is 1. The average Bonchev–Trinajstić information content (AvgIpc) is 2.51. The summed E-state index contributed by atoms with van der Waals surface area (Å²) in [5, 5.41) is 11.8. The summed E-state index contributed by atoms with van der Waals surface area (Å²) in [6.07, 6.45) is 2.42. The third-order valence-electron chi connectivity index (χ3n) is 2.55. The maximum Gasteiger partial charge on any atom is 0.176 e. The molecule has 78 valence electrons. The topological polar surface area (TPSA) is 78.9 Å². The summed E-state index contributed by atoms with van der Waals surface area (Å²) in [5.74, 6) is 0.719. The largest absolute Gasteiger partial charge is 0.381 e. The van der Waals surface area contributed by atoms with Gasteiger partial charge in [0.1, 0.15) is 0 Å². The summed E-state index contributed by atoms with van der Waals surface area (Å²) >= 11 is 0. The number of hydrogen-bond acceptors (Lipinski definition) is 5. The molecule has 1 aliphatic heterocycles. The maximum absolute atomic E-state index is 6.20. The van der Waals surface area contributed by atoms with Gasteiger partial charge in [0.15, 0.2) is 5.82 Å². The third-order valence-corrected chi connectivity index (χ3v) is 2.55. The fourth-order valence-corrected chi connectivity index (χ4v) is 1.66. The molecule has 2 heterocycles. The standard InChI is InChI=1S/C8H15N5O/c1-13-11-7(10-12-13)6-8(9)2-4-14-5-3-8/h2-6,9H2,1H3. The Bertz CT molecular complexity index is 304. The zero-order valence-corrected chi connectivity index (χ0v) is 8.31. The molecule has 14 heavy (non-hydrogen) atoms. The van der Waals surface area contributed by atoms with Crippen molar-refractivity contribution in [2.45, 2.75) is 24.8 Å². The molecule has 0 spiro atoms. The summed E-state index contributed by atoms with van der Waals surface area (Å²) in [7, 11) is 1.75. The smallest absolute Gasteiger partial charge is 0.176 e. The fourth-order valence-electron chi connectivity index (χ4n) is 1.66. The van der Waals surface area contributed by atoms with Crippen molar-refractivity contribution in [2.75, 3.05) is 13.2 Å². The molecule has 0 radical (unpaired) electrons. The van der Waals surface area contributed by atoms with Gasteiger partial charge in [0, 0.05) is 25.2 Å². The van der Waals surface area contributed by atoms with E-state index in [2.05, 4.69) is 15.4 Å². The molecule has 2 rings (SSSR count). The SMILES string of the molecule is Cn1nnc(CC2(N)CCOCC2)n1. The van der Waals surface area contributed by atoms with Gasteiger partial charge in [-0.05, 0) is 18.1 Å². The van der Waals surface area contributed by atoms with Crippen molar-refractivity contribution in [1.82, 2.24) is 20.2 Å². The van der Waals surface area contributed by atoms with Crippen LogP contribution in [0.5, 0.6) is 0 Å². The highest BCUT2D eigenvalue weighted by Crippen LogP contribution is 2.20. The molecule has 1 aromatic rings. The number of nitrogens with two attached hydrogens (primary N) is 1. The molecular weight excluding hydrogens is 182 g/mol. The molecule has 0 amide bonds. The second kappa shape index (κ2) is 3.62. The molecule has 6 heteroatoms. The predicted octanol–water partition coefficient (Wildman–Crippen LogP) is -0.739. The number of aryl methyl sites for hydroxylation is 1. The molecule has 0 atom stereocenters. The number of aromatic nitrogens is 4. The van der Waals surface area contributed by atoms with Crippen molar-refractivity contribution < 1.29 is 4.74 Å². The van der Waals surface area contributed by atoms with E-state index in [0.717, 1.165) is 31.9 Å². The molecule has 0 aliphatic carbocycles. The van der Waals surface area contributed by atoms with Gasteiger partial charge in [-0.15, -0.1) is 10.2 Å². The quantitative estimate of drug-likeness (QED) is 0.675. The van der Waals surface area contributed by atoms with Gasteiger partial charge in [-0.25, -0.2) is 0 Å². The molecule has 1 aliphatic rings. The van der Waals surface area contributed by atoms with Gasteiger partial charge >= 0.3 is 0 Å². The van der Waals surface area contributed by atoms with Gasteiger partial charge in [-0.1, -0.05) is 0 Å². The zero-order chi connectivity index (χ0) is 10.0. The Morgan fingerprint density at radius 2 is 2.21 bits per heavy atom. The summed E-state index contributed by atoms with van der Waals surface area (Å²) < 4.78 is 5.27. The zero-order valence-electron chi connectivity index (χ0n) is 8.31. The van der Waals surface area contributed by atoms with Crippen LogP contribution in [0.2, 0.25) is 0 Å². The number of hydrogen-bond donors (Lipinski definition) is 1. The monoisotopic (exact) mass is 197 g/mol. The van der Waals surface area contributed by atoms with E-state index in [1.54, 1.807) is 7.05 Å². The van der Waals surface area contributed by atoms with E-state index in [1.807, 2.05) is 0 Å². The van der Waals surface area contributed by atoms with Crippen LogP contribution < -0.4 is 5.73 Å². The van der Waals surface area contributed by atoms with Crippen LogP contribution in [-0.4, -0.2) is 39.0 Å². The molecule has 1 fully saturated rings. The first-order chi connectivity index (χ1) is 6.68. The first-order valence-corrected chi connectivity index (χ1v) is 4.77. The van der Waals surface area contributed by atoms with Crippen LogP contribution in [-0.2, 0) is 18.2 Å². The van der Waals surface area contributed by atoms with Crippen molar-refractivity contribution in [3.63, 3.8) is 0 Å². The van der Waals surface area contributed by atoms with Crippen molar-refractivity contribution in [3.05, 3.63) is 5.82 Å². The summed E-state index contributed by atoms with van der Waals surface area (Å²) in [6.45, 7) is 1.47. The molecule has 0 aromatic carbocycles. The van der Waals surface area contributed by atoms with Crippen molar-refractivity contribution in [1.29, 1.82) is 0 Å². The van der Waals surface area contributed by atoms with E-state index < -0.39 is 0 Å². The Morgan fingerprint density at radius 1 is 1.50 bits per heavy atom. The molecule has 1 aromatic heterocycles. The highest BCUT2D eigenvalue weighted by molar-refractivity contribution is 4.95. The highest BCUT2D eigenvalue weighted by atomic mass is 16.5. The minimum absolute atomic E-state index is 0.207. The predicted molar refractivity (Wildman–Crippen MR) is 49.5 cm³/mol. The molecule has 0 saturated carbocycles. The molecule has 0 unspecified atom stereocenters. The van der Waals surface area contributed by atoms with Crippen molar-refractivity contribution >= 4 is 0 Å². The lowest BCUT2D eigenvalue weighted by Crippen LogP contribution is -2.47. The van der Waals surface area contributed by atoms with Crippen LogP contribution in [0.4, 0.5) is 0 Å². The number of tetrazole rings is 1. The lowest BCUT2D eigenvalue weighted by molar-refractivity contribution is 0.0527. The van der Waals surface area contributed by atoms with Crippen LogP contribution in [0.15, 0.2) is 0 Å². The lowest BCUT2D eigenvalue weighted by Gasteiger charge is -2.32. The van der Waals surface area contributed by atoms with Crippen LogP contribution in [0.1, 0.15) is 18.7 Å². The van der Waals surface area contributed by atoms with E-state index in [9.17, 15) is 0 Å². The van der Waals surface area contributed by atoms with Gasteiger partial charge < -0.3 is 10.5 Å². The van der Waals surface area contributed by atoms with E-state index >= 15 is 0 Å². The van der Waals surface area contributed by atoms with Crippen LogP contribution >= 0.6 is 0 Å². The van der Waals surface area contributed by atoms with Gasteiger partial charge in [0.25, 0.3) is 0 Å². The van der Waals surface area contributed by atoms with E-state index in [1.165, 1.54) is 4.80 Å². The number of nitrogens with zero attached hydrogens (tertiary/aromatic N) is 4. The molecule has 1 saturated heterocycles. The Labute approximate surface area is 82.4 Å². The van der Waals surface area contributed by atoms with Crippen molar-refractivity contribution in [2.24, 2.45) is 12.8 Å². The van der Waals surface area contributed by atoms with Crippen molar-refractivity contribution in [3.8, 4) is 0 Å². The summed E-state index contributed by atoms with van der Waals surface area (Å²) in [6, 6.07) is 0. The Kier molecular flexibility index (Phi) is 2.47. The third kappa shape index (κ3) is 2.08. The summed E-state index contributed by atoms with van der Waals surface area (Å²) in [4.78, 5) is 1.46. The van der Waals surface area contributed by atoms with Gasteiger partial charge in [-0.3, -0.25) is 0 Å². The lowest BCUT2D eigenvalue weighted by atomic mass is 9.88. The van der Waals surface area contributed by atoms with Crippen LogP contribution in [0.3, 0.4) is 0 Å². The van der Waals surface area contributed by atoms with E-state index in [4.69, 9.17) is 10.5 Å². The summed E-state index contributed by atoms with van der Waals surface area (Å²) in [5.41, 5.74) is 6.00. The molecular formula is C8H15N5O. The molecule has 2 N–H and O–H groups in total. The Balaban J connectivity index is 2.01. The Morgan fingerprint density at radius 3 is 2.79 bits per heavy atom. The normalized spacial score (nSPS) is 21.0. The first-order valence-electron chi connectivity index (χ1n) is 4.77. The van der Waals surface area contributed by atoms with Crippen LogP contribution in [0, 0.1) is 0 Å². The highest BCUT2D eigenvalue weighted by Gasteiger charge is 2.29. The molecule has 0 bridgehead atoms. The van der Waals surface area contributed by atoms with Gasteiger partial charge in [0.05, 0.1) is 7.05 Å².